The van der Waals surface area contributed by atoms with E-state index in [9.17, 15) is 5.11 Å². The first-order valence-electron chi connectivity index (χ1n) is 5.70. The number of aromatic hydroxyl groups is 1. The van der Waals surface area contributed by atoms with Gasteiger partial charge in [0.25, 0.3) is 0 Å². The summed E-state index contributed by atoms with van der Waals surface area (Å²) in [5.74, 6) is 0.931. The quantitative estimate of drug-likeness (QED) is 0.780. The highest BCUT2D eigenvalue weighted by Crippen LogP contribution is 2.27. The van der Waals surface area contributed by atoms with Crippen molar-refractivity contribution in [2.24, 2.45) is 5.92 Å². The van der Waals surface area contributed by atoms with Gasteiger partial charge in [-0.15, -0.1) is 0 Å². The van der Waals surface area contributed by atoms with Gasteiger partial charge in [0, 0.05) is 0 Å². The van der Waals surface area contributed by atoms with Crippen molar-refractivity contribution in [3.05, 3.63) is 29.8 Å². The molecule has 1 fully saturated rings. The van der Waals surface area contributed by atoms with E-state index in [1.807, 2.05) is 12.1 Å². The second kappa shape index (κ2) is 4.67. The molecule has 1 saturated carbocycles. The van der Waals surface area contributed by atoms with Crippen LogP contribution in [-0.4, -0.2) is 16.3 Å². The number of hydrogen-bond acceptors (Lipinski definition) is 2. The van der Waals surface area contributed by atoms with E-state index in [2.05, 4.69) is 0 Å². The molecule has 1 aromatic rings. The molecule has 0 heterocycles. The smallest absolute Gasteiger partial charge is 0.115 e. The molecule has 15 heavy (non-hydrogen) atoms. The lowest BCUT2D eigenvalue weighted by atomic mass is 9.83. The zero-order valence-corrected chi connectivity index (χ0v) is 8.89. The summed E-state index contributed by atoms with van der Waals surface area (Å²) < 4.78 is 0. The highest BCUT2D eigenvalue weighted by atomic mass is 16.3. The van der Waals surface area contributed by atoms with Gasteiger partial charge >= 0.3 is 0 Å². The molecule has 1 aliphatic rings. The fraction of sp³-hybridized carbons (Fsp3) is 0.538. The summed E-state index contributed by atoms with van der Waals surface area (Å²) in [6, 6.07) is 7.40. The fourth-order valence-electron chi connectivity index (χ4n) is 2.41. The van der Waals surface area contributed by atoms with Crippen molar-refractivity contribution < 1.29 is 10.2 Å². The van der Waals surface area contributed by atoms with Gasteiger partial charge in [0.15, 0.2) is 0 Å². The maximum absolute atomic E-state index is 9.56. The normalized spacial score (nSPS) is 26.5. The van der Waals surface area contributed by atoms with Crippen LogP contribution in [-0.2, 0) is 6.42 Å². The van der Waals surface area contributed by atoms with E-state index in [0.717, 1.165) is 25.7 Å². The van der Waals surface area contributed by atoms with Crippen molar-refractivity contribution in [1.82, 2.24) is 0 Å². The van der Waals surface area contributed by atoms with Crippen LogP contribution in [0.15, 0.2) is 24.3 Å². The Labute approximate surface area is 90.6 Å². The zero-order valence-electron chi connectivity index (χ0n) is 8.89. The van der Waals surface area contributed by atoms with Crippen LogP contribution in [0.3, 0.4) is 0 Å². The van der Waals surface area contributed by atoms with Crippen molar-refractivity contribution in [3.8, 4) is 5.75 Å². The summed E-state index contributed by atoms with van der Waals surface area (Å²) in [6.45, 7) is 0. The average Bonchev–Trinajstić information content (AvgIpc) is 2.22. The van der Waals surface area contributed by atoms with Gasteiger partial charge in [-0.1, -0.05) is 18.6 Å². The van der Waals surface area contributed by atoms with Crippen LogP contribution in [0.4, 0.5) is 0 Å². The molecule has 2 atom stereocenters. The summed E-state index contributed by atoms with van der Waals surface area (Å²) in [4.78, 5) is 0. The van der Waals surface area contributed by atoms with Crippen LogP contribution in [0, 0.1) is 5.92 Å². The minimum Gasteiger partial charge on any atom is -0.508 e. The number of phenolic OH excluding ortho intramolecular Hbond substituents is 1. The second-order valence-electron chi connectivity index (χ2n) is 4.56. The van der Waals surface area contributed by atoms with Crippen LogP contribution in [0.25, 0.3) is 0 Å². The summed E-state index contributed by atoms with van der Waals surface area (Å²) in [5, 5.41) is 18.7. The molecule has 0 radical (unpaired) electrons. The number of aliphatic hydroxyl groups excluding tert-OH is 1. The summed E-state index contributed by atoms with van der Waals surface area (Å²) in [5.41, 5.74) is 1.26. The molecule has 2 rings (SSSR count). The molecule has 0 saturated heterocycles. The lowest BCUT2D eigenvalue weighted by Gasteiger charge is -2.25. The largest absolute Gasteiger partial charge is 0.508 e. The molecule has 0 amide bonds. The van der Waals surface area contributed by atoms with Crippen LogP contribution < -0.4 is 0 Å². The average molecular weight is 206 g/mol. The van der Waals surface area contributed by atoms with Crippen LogP contribution in [0.2, 0.25) is 0 Å². The molecule has 2 N–H and O–H groups in total. The Bertz CT molecular complexity index is 305. The molecule has 0 aliphatic heterocycles. The lowest BCUT2D eigenvalue weighted by molar-refractivity contribution is 0.101. The van der Waals surface area contributed by atoms with Crippen molar-refractivity contribution >= 4 is 0 Å². The van der Waals surface area contributed by atoms with E-state index in [1.54, 1.807) is 12.1 Å². The molecule has 1 aromatic carbocycles. The van der Waals surface area contributed by atoms with E-state index >= 15 is 0 Å². The van der Waals surface area contributed by atoms with Crippen LogP contribution in [0.1, 0.15) is 31.2 Å². The Morgan fingerprint density at radius 1 is 1.13 bits per heavy atom. The Morgan fingerprint density at radius 2 is 1.87 bits per heavy atom. The summed E-state index contributed by atoms with van der Waals surface area (Å²) >= 11 is 0. The van der Waals surface area contributed by atoms with Crippen molar-refractivity contribution in [1.29, 1.82) is 0 Å². The van der Waals surface area contributed by atoms with Gasteiger partial charge in [0.1, 0.15) is 5.75 Å². The summed E-state index contributed by atoms with van der Waals surface area (Å²) in [6.07, 6.45) is 5.19. The van der Waals surface area contributed by atoms with E-state index in [0.29, 0.717) is 11.7 Å². The minimum absolute atomic E-state index is 0.0964. The predicted molar refractivity (Wildman–Crippen MR) is 59.8 cm³/mol. The van der Waals surface area contributed by atoms with Gasteiger partial charge in [0.2, 0.25) is 0 Å². The molecule has 82 valence electrons. The van der Waals surface area contributed by atoms with Crippen molar-refractivity contribution in [3.63, 3.8) is 0 Å². The van der Waals surface area contributed by atoms with E-state index in [4.69, 9.17) is 5.11 Å². The number of aliphatic hydroxyl groups is 1. The van der Waals surface area contributed by atoms with Gasteiger partial charge in [-0.05, 0) is 49.3 Å². The second-order valence-corrected chi connectivity index (χ2v) is 4.56. The number of hydrogen-bond donors (Lipinski definition) is 2. The van der Waals surface area contributed by atoms with E-state index in [1.165, 1.54) is 12.0 Å². The highest BCUT2D eigenvalue weighted by molar-refractivity contribution is 5.26. The Balaban J connectivity index is 1.93. The number of benzene rings is 1. The molecule has 2 nitrogen and oxygen atoms in total. The molecule has 0 aromatic heterocycles. The number of rotatable bonds is 2. The van der Waals surface area contributed by atoms with Gasteiger partial charge in [-0.25, -0.2) is 0 Å². The first-order chi connectivity index (χ1) is 7.24. The Kier molecular flexibility index (Phi) is 3.27. The fourth-order valence-corrected chi connectivity index (χ4v) is 2.41. The SMILES string of the molecule is Oc1ccc(CC2CCCC(O)C2)cc1. The monoisotopic (exact) mass is 206 g/mol. The summed E-state index contributed by atoms with van der Waals surface area (Å²) in [7, 11) is 0. The van der Waals surface area contributed by atoms with E-state index < -0.39 is 0 Å². The zero-order chi connectivity index (χ0) is 10.7. The number of phenols is 1. The molecule has 1 aliphatic carbocycles. The van der Waals surface area contributed by atoms with Gasteiger partial charge in [0.05, 0.1) is 6.10 Å². The lowest BCUT2D eigenvalue weighted by Crippen LogP contribution is -2.20. The maximum Gasteiger partial charge on any atom is 0.115 e. The van der Waals surface area contributed by atoms with Crippen LogP contribution >= 0.6 is 0 Å². The van der Waals surface area contributed by atoms with E-state index in [-0.39, 0.29) is 6.10 Å². The van der Waals surface area contributed by atoms with Crippen LogP contribution in [0.5, 0.6) is 5.75 Å². The van der Waals surface area contributed by atoms with Crippen molar-refractivity contribution in [2.75, 3.05) is 0 Å². The molecular weight excluding hydrogens is 188 g/mol. The van der Waals surface area contributed by atoms with Gasteiger partial charge in [-0.2, -0.15) is 0 Å². The highest BCUT2D eigenvalue weighted by Gasteiger charge is 2.20. The molecular formula is C13H18O2. The minimum atomic E-state index is -0.0964. The van der Waals surface area contributed by atoms with Crippen molar-refractivity contribution in [2.45, 2.75) is 38.2 Å². The third-order valence-corrected chi connectivity index (χ3v) is 3.22. The molecule has 0 spiro atoms. The maximum atomic E-state index is 9.56. The predicted octanol–water partition coefficient (Wildman–Crippen LogP) is 2.49. The first kappa shape index (κ1) is 10.5. The standard InChI is InChI=1S/C13H18O2/c14-12-6-4-10(5-7-12)8-11-2-1-3-13(15)9-11/h4-7,11,13-15H,1-3,8-9H2. The van der Waals surface area contributed by atoms with Gasteiger partial charge < -0.3 is 10.2 Å². The molecule has 0 bridgehead atoms. The Hall–Kier alpha value is -1.02. The third-order valence-electron chi connectivity index (χ3n) is 3.22. The van der Waals surface area contributed by atoms with Gasteiger partial charge in [-0.3, -0.25) is 0 Å². The third kappa shape index (κ3) is 2.96. The molecule has 2 heteroatoms. The Morgan fingerprint density at radius 3 is 2.53 bits per heavy atom. The topological polar surface area (TPSA) is 40.5 Å². The molecule has 2 unspecified atom stereocenters. The first-order valence-corrected chi connectivity index (χ1v) is 5.70.